The van der Waals surface area contributed by atoms with Crippen LogP contribution in [0.25, 0.3) is 21.5 Å². The normalized spacial score (nSPS) is 13.6. The number of benzene rings is 3. The molecule has 0 aliphatic carbocycles. The van der Waals surface area contributed by atoms with Gasteiger partial charge in [-0.25, -0.2) is 0 Å². The average Bonchev–Trinajstić information content (AvgIpc) is 2.74. The summed E-state index contributed by atoms with van der Waals surface area (Å²) >= 11 is 0. The number of rotatable bonds is 9. The molecule has 0 unspecified atom stereocenters. The molecule has 3 heteroatoms. The molecule has 3 nitrogen and oxygen atoms in total. The first kappa shape index (κ1) is 19.6. The summed E-state index contributed by atoms with van der Waals surface area (Å²) in [5.41, 5.74) is 1.34. The molecule has 0 fully saturated rings. The number of imide groups is 1. The Bertz CT molecular complexity index is 1050. The van der Waals surface area contributed by atoms with Crippen molar-refractivity contribution >= 4 is 33.4 Å². The van der Waals surface area contributed by atoms with Crippen molar-refractivity contribution in [3.05, 3.63) is 59.7 Å². The minimum absolute atomic E-state index is 0.140. The summed E-state index contributed by atoms with van der Waals surface area (Å²) in [7, 11) is 0. The second-order valence-corrected chi connectivity index (χ2v) is 8.11. The maximum Gasteiger partial charge on any atom is 0.262 e. The molecule has 0 saturated heterocycles. The third-order valence-electron chi connectivity index (χ3n) is 6.06. The summed E-state index contributed by atoms with van der Waals surface area (Å²) in [6.07, 6.45) is 9.54. The number of carbonyl (C=O) groups is 2. The molecule has 1 aliphatic heterocycles. The second-order valence-electron chi connectivity index (χ2n) is 8.11. The van der Waals surface area contributed by atoms with Gasteiger partial charge >= 0.3 is 0 Å². The molecule has 3 aromatic rings. The third kappa shape index (κ3) is 3.78. The van der Waals surface area contributed by atoms with Gasteiger partial charge in [0.2, 0.25) is 0 Å². The van der Waals surface area contributed by atoms with Gasteiger partial charge in [-0.3, -0.25) is 14.5 Å². The highest BCUT2D eigenvalue weighted by atomic mass is 16.2. The molecule has 0 spiro atoms. The Labute approximate surface area is 172 Å². The fraction of sp³-hybridized carbons (Fsp3) is 0.385. The zero-order valence-corrected chi connectivity index (χ0v) is 17.2. The van der Waals surface area contributed by atoms with Crippen LogP contribution >= 0.6 is 0 Å². The number of unbranched alkanes of at least 4 members (excludes halogenated alkanes) is 7. The number of hydrogen-bond donors (Lipinski definition) is 0. The van der Waals surface area contributed by atoms with Gasteiger partial charge in [0.15, 0.2) is 0 Å². The molecule has 0 atom stereocenters. The quantitative estimate of drug-likeness (QED) is 0.232. The van der Waals surface area contributed by atoms with E-state index in [0.717, 1.165) is 34.4 Å². The maximum atomic E-state index is 13.4. The van der Waals surface area contributed by atoms with Gasteiger partial charge in [-0.05, 0) is 34.7 Å². The van der Waals surface area contributed by atoms with Crippen LogP contribution in [-0.2, 0) is 0 Å². The van der Waals surface area contributed by atoms with E-state index < -0.39 is 0 Å². The lowest BCUT2D eigenvalue weighted by Crippen LogP contribution is -2.41. The van der Waals surface area contributed by atoms with Crippen LogP contribution < -0.4 is 0 Å². The minimum Gasteiger partial charge on any atom is -0.274 e. The summed E-state index contributed by atoms with van der Waals surface area (Å²) in [5, 5.41) is 3.76. The first-order valence-electron chi connectivity index (χ1n) is 11.0. The van der Waals surface area contributed by atoms with Gasteiger partial charge < -0.3 is 0 Å². The Morgan fingerprint density at radius 3 is 2.21 bits per heavy atom. The van der Waals surface area contributed by atoms with E-state index in [2.05, 4.69) is 13.0 Å². The fourth-order valence-corrected chi connectivity index (χ4v) is 4.50. The minimum atomic E-state index is -0.147. The lowest BCUT2D eigenvalue weighted by atomic mass is 9.89. The van der Waals surface area contributed by atoms with Crippen LogP contribution in [-0.4, -0.2) is 23.3 Å². The van der Waals surface area contributed by atoms with Crippen molar-refractivity contribution in [2.45, 2.75) is 58.3 Å². The summed E-state index contributed by atoms with van der Waals surface area (Å²) in [5.74, 6) is -0.287. The highest BCUT2D eigenvalue weighted by Gasteiger charge is 2.33. The highest BCUT2D eigenvalue weighted by Crippen LogP contribution is 2.35. The number of nitrogens with zero attached hydrogens (tertiary/aromatic N) is 1. The number of amides is 2. The molecule has 0 bridgehead atoms. The highest BCUT2D eigenvalue weighted by molar-refractivity contribution is 6.30. The average molecular weight is 388 g/mol. The van der Waals surface area contributed by atoms with E-state index in [1.165, 1.54) is 43.4 Å². The lowest BCUT2D eigenvalue weighted by molar-refractivity contribution is 0.0609. The molecule has 0 radical (unpaired) electrons. The molecule has 0 N–H and O–H groups in total. The van der Waals surface area contributed by atoms with Gasteiger partial charge in [-0.1, -0.05) is 88.3 Å². The Hall–Kier alpha value is -2.68. The molecule has 0 saturated carbocycles. The van der Waals surface area contributed by atoms with E-state index in [1.54, 1.807) is 0 Å². The first-order chi connectivity index (χ1) is 14.2. The van der Waals surface area contributed by atoms with Crippen LogP contribution in [0, 0.1) is 0 Å². The molecule has 4 rings (SSSR count). The van der Waals surface area contributed by atoms with Crippen LogP contribution in [0.2, 0.25) is 0 Å². The summed E-state index contributed by atoms with van der Waals surface area (Å²) in [6, 6.07) is 15.8. The van der Waals surface area contributed by atoms with Gasteiger partial charge in [0, 0.05) is 17.5 Å². The van der Waals surface area contributed by atoms with Crippen molar-refractivity contribution in [3.63, 3.8) is 0 Å². The zero-order chi connectivity index (χ0) is 20.2. The molecule has 1 aliphatic rings. The Balaban J connectivity index is 1.54. The van der Waals surface area contributed by atoms with Crippen LogP contribution in [0.1, 0.15) is 79.0 Å². The van der Waals surface area contributed by atoms with E-state index in [1.807, 2.05) is 42.5 Å². The number of hydrogen-bond acceptors (Lipinski definition) is 2. The molecule has 1 heterocycles. The summed E-state index contributed by atoms with van der Waals surface area (Å²) in [4.78, 5) is 27.9. The standard InChI is InChI=1S/C26H29NO2/c1-2-3-4-5-6-7-8-11-17-27-25(28)22-16-12-14-20-18-19-13-9-10-15-21(19)24(23(20)22)26(27)29/h9-10,12-16,18H,2-8,11,17H2,1H3. The second kappa shape index (κ2) is 8.77. The molecular formula is C26H29NO2. The molecule has 2 amide bonds. The van der Waals surface area contributed by atoms with Crippen LogP contribution in [0.4, 0.5) is 0 Å². The van der Waals surface area contributed by atoms with Crippen molar-refractivity contribution in [2.24, 2.45) is 0 Å². The van der Waals surface area contributed by atoms with Crippen molar-refractivity contribution < 1.29 is 9.59 Å². The largest absolute Gasteiger partial charge is 0.274 e. The Morgan fingerprint density at radius 2 is 1.41 bits per heavy atom. The Morgan fingerprint density at radius 1 is 0.724 bits per heavy atom. The van der Waals surface area contributed by atoms with Crippen molar-refractivity contribution in [3.8, 4) is 0 Å². The molecule has 29 heavy (non-hydrogen) atoms. The first-order valence-corrected chi connectivity index (χ1v) is 11.0. The molecular weight excluding hydrogens is 358 g/mol. The monoisotopic (exact) mass is 387 g/mol. The SMILES string of the molecule is CCCCCCCCCCN1C(=O)c2cccc3cc4ccccc4c(c23)C1=O. The third-order valence-corrected chi connectivity index (χ3v) is 6.06. The van der Waals surface area contributed by atoms with E-state index in [9.17, 15) is 9.59 Å². The van der Waals surface area contributed by atoms with E-state index in [4.69, 9.17) is 0 Å². The lowest BCUT2D eigenvalue weighted by Gasteiger charge is -2.28. The van der Waals surface area contributed by atoms with Gasteiger partial charge in [0.1, 0.15) is 0 Å². The molecule has 0 aromatic heterocycles. The maximum absolute atomic E-state index is 13.4. The predicted octanol–water partition coefficient (Wildman–Crippen LogP) is 6.73. The van der Waals surface area contributed by atoms with Gasteiger partial charge in [0.05, 0.1) is 5.56 Å². The van der Waals surface area contributed by atoms with Gasteiger partial charge in [0.25, 0.3) is 11.8 Å². The Kier molecular flexibility index (Phi) is 5.94. The fourth-order valence-electron chi connectivity index (χ4n) is 4.50. The van der Waals surface area contributed by atoms with E-state index in [-0.39, 0.29) is 11.8 Å². The van der Waals surface area contributed by atoms with Crippen molar-refractivity contribution in [1.29, 1.82) is 0 Å². The van der Waals surface area contributed by atoms with Crippen LogP contribution in [0.3, 0.4) is 0 Å². The van der Waals surface area contributed by atoms with Crippen LogP contribution in [0.5, 0.6) is 0 Å². The topological polar surface area (TPSA) is 37.4 Å². The zero-order valence-electron chi connectivity index (χ0n) is 17.2. The number of fused-ring (bicyclic) bond motifs is 2. The van der Waals surface area contributed by atoms with Crippen molar-refractivity contribution in [2.75, 3.05) is 6.54 Å². The van der Waals surface area contributed by atoms with Gasteiger partial charge in [-0.2, -0.15) is 0 Å². The van der Waals surface area contributed by atoms with Crippen LogP contribution in [0.15, 0.2) is 48.5 Å². The number of carbonyl (C=O) groups excluding carboxylic acids is 2. The summed E-state index contributed by atoms with van der Waals surface area (Å²) in [6.45, 7) is 2.74. The summed E-state index contributed by atoms with van der Waals surface area (Å²) < 4.78 is 0. The smallest absolute Gasteiger partial charge is 0.262 e. The predicted molar refractivity (Wildman–Crippen MR) is 119 cm³/mol. The van der Waals surface area contributed by atoms with Gasteiger partial charge in [-0.15, -0.1) is 0 Å². The molecule has 150 valence electrons. The molecule has 3 aromatic carbocycles. The van der Waals surface area contributed by atoms with Crippen molar-refractivity contribution in [1.82, 2.24) is 4.90 Å². The van der Waals surface area contributed by atoms with E-state index >= 15 is 0 Å². The van der Waals surface area contributed by atoms with E-state index in [0.29, 0.717) is 17.7 Å².